The van der Waals surface area contributed by atoms with E-state index in [2.05, 4.69) is 20.4 Å². The lowest BCUT2D eigenvalue weighted by atomic mass is 10.0. The number of hydrogen-bond acceptors (Lipinski definition) is 5. The van der Waals surface area contributed by atoms with Crippen molar-refractivity contribution in [3.05, 3.63) is 36.0 Å². The number of piperidine rings is 1. The SMILES string of the molecule is CC(C)C(=O)NC1CCCN(Cc2nnc(-c3cccc(F)c3)o2)C1. The highest BCUT2D eigenvalue weighted by Crippen LogP contribution is 2.20. The molecule has 0 bridgehead atoms. The van der Waals surface area contributed by atoms with Crippen molar-refractivity contribution in [1.82, 2.24) is 20.4 Å². The fourth-order valence-corrected chi connectivity index (χ4v) is 2.93. The van der Waals surface area contributed by atoms with Crippen LogP contribution in [0.15, 0.2) is 28.7 Å². The van der Waals surface area contributed by atoms with Gasteiger partial charge in [0.2, 0.25) is 17.7 Å². The Kier molecular flexibility index (Phi) is 5.43. The molecule has 1 fully saturated rings. The lowest BCUT2D eigenvalue weighted by molar-refractivity contribution is -0.125. The average molecular weight is 346 g/mol. The molecule has 1 aromatic heterocycles. The van der Waals surface area contributed by atoms with Crippen LogP contribution in [0.4, 0.5) is 4.39 Å². The first-order chi connectivity index (χ1) is 12.0. The number of benzene rings is 1. The zero-order chi connectivity index (χ0) is 17.8. The maximum Gasteiger partial charge on any atom is 0.247 e. The molecular formula is C18H23FN4O2. The number of halogens is 1. The number of likely N-dealkylation sites (tertiary alicyclic amines) is 1. The molecule has 0 saturated carbocycles. The number of amides is 1. The molecule has 1 aromatic carbocycles. The van der Waals surface area contributed by atoms with Crippen LogP contribution in [0.2, 0.25) is 0 Å². The highest BCUT2D eigenvalue weighted by molar-refractivity contribution is 5.78. The third-order valence-corrected chi connectivity index (χ3v) is 4.27. The van der Waals surface area contributed by atoms with E-state index in [0.29, 0.717) is 23.9 Å². The monoisotopic (exact) mass is 346 g/mol. The third kappa shape index (κ3) is 4.63. The van der Waals surface area contributed by atoms with Gasteiger partial charge in [0.25, 0.3) is 0 Å². The Labute approximate surface area is 146 Å². The summed E-state index contributed by atoms with van der Waals surface area (Å²) in [6.07, 6.45) is 1.99. The standard InChI is InChI=1S/C18H23FN4O2/c1-12(2)17(24)20-15-7-4-8-23(10-15)11-16-21-22-18(25-16)13-5-3-6-14(19)9-13/h3,5-6,9,12,15H,4,7-8,10-11H2,1-2H3,(H,20,24). The number of hydrogen-bond donors (Lipinski definition) is 1. The Bertz CT molecular complexity index is 731. The van der Waals surface area contributed by atoms with Gasteiger partial charge in [-0.3, -0.25) is 9.69 Å². The van der Waals surface area contributed by atoms with Crippen LogP contribution in [0.5, 0.6) is 0 Å². The number of nitrogens with zero attached hydrogens (tertiary/aromatic N) is 3. The Morgan fingerprint density at radius 1 is 1.44 bits per heavy atom. The van der Waals surface area contributed by atoms with Gasteiger partial charge in [-0.25, -0.2) is 4.39 Å². The summed E-state index contributed by atoms with van der Waals surface area (Å²) in [5.74, 6) is 0.543. The molecule has 0 radical (unpaired) electrons. The maximum absolute atomic E-state index is 13.3. The van der Waals surface area contributed by atoms with Gasteiger partial charge < -0.3 is 9.73 Å². The summed E-state index contributed by atoms with van der Waals surface area (Å²) >= 11 is 0. The molecule has 1 amide bonds. The molecule has 1 N–H and O–H groups in total. The Hall–Kier alpha value is -2.28. The van der Waals surface area contributed by atoms with E-state index < -0.39 is 0 Å². The zero-order valence-electron chi connectivity index (χ0n) is 14.5. The second-order valence-electron chi connectivity index (χ2n) is 6.75. The van der Waals surface area contributed by atoms with Crippen LogP contribution in [-0.4, -0.2) is 40.1 Å². The van der Waals surface area contributed by atoms with Crippen LogP contribution in [0, 0.1) is 11.7 Å². The Morgan fingerprint density at radius 3 is 3.04 bits per heavy atom. The smallest absolute Gasteiger partial charge is 0.247 e. The first-order valence-electron chi connectivity index (χ1n) is 8.62. The fraction of sp³-hybridized carbons (Fsp3) is 0.500. The van der Waals surface area contributed by atoms with Crippen molar-refractivity contribution in [3.8, 4) is 11.5 Å². The molecule has 25 heavy (non-hydrogen) atoms. The summed E-state index contributed by atoms with van der Waals surface area (Å²) in [6, 6.07) is 6.24. The predicted octanol–water partition coefficient (Wildman–Crippen LogP) is 2.61. The van der Waals surface area contributed by atoms with E-state index in [4.69, 9.17) is 4.42 Å². The molecule has 1 unspecified atom stereocenters. The zero-order valence-corrected chi connectivity index (χ0v) is 14.5. The van der Waals surface area contributed by atoms with Gasteiger partial charge in [0.15, 0.2) is 0 Å². The largest absolute Gasteiger partial charge is 0.419 e. The van der Waals surface area contributed by atoms with E-state index in [1.54, 1.807) is 12.1 Å². The minimum Gasteiger partial charge on any atom is -0.419 e. The van der Waals surface area contributed by atoms with E-state index in [-0.39, 0.29) is 23.7 Å². The van der Waals surface area contributed by atoms with Crippen LogP contribution in [0.25, 0.3) is 11.5 Å². The van der Waals surface area contributed by atoms with Gasteiger partial charge in [0, 0.05) is 24.1 Å². The minimum absolute atomic E-state index is 0.0138. The quantitative estimate of drug-likeness (QED) is 0.901. The molecule has 134 valence electrons. The lowest BCUT2D eigenvalue weighted by Gasteiger charge is -2.32. The summed E-state index contributed by atoms with van der Waals surface area (Å²) in [6.45, 7) is 5.99. The van der Waals surface area contributed by atoms with Crippen molar-refractivity contribution in [2.24, 2.45) is 5.92 Å². The average Bonchev–Trinajstić information content (AvgIpc) is 3.03. The van der Waals surface area contributed by atoms with E-state index in [1.165, 1.54) is 12.1 Å². The van der Waals surface area contributed by atoms with E-state index in [9.17, 15) is 9.18 Å². The van der Waals surface area contributed by atoms with Crippen LogP contribution in [0.1, 0.15) is 32.6 Å². The summed E-state index contributed by atoms with van der Waals surface area (Å²) < 4.78 is 19.0. The first-order valence-corrected chi connectivity index (χ1v) is 8.62. The van der Waals surface area contributed by atoms with E-state index in [0.717, 1.165) is 25.9 Å². The molecule has 0 spiro atoms. The summed E-state index contributed by atoms with van der Waals surface area (Å²) in [7, 11) is 0. The molecule has 1 saturated heterocycles. The number of carbonyl (C=O) groups excluding carboxylic acids is 1. The van der Waals surface area contributed by atoms with Crippen molar-refractivity contribution in [1.29, 1.82) is 0 Å². The summed E-state index contributed by atoms with van der Waals surface area (Å²) in [5.41, 5.74) is 0.569. The molecule has 1 aliphatic rings. The molecule has 2 aromatic rings. The van der Waals surface area contributed by atoms with Gasteiger partial charge in [-0.2, -0.15) is 0 Å². The predicted molar refractivity (Wildman–Crippen MR) is 91.0 cm³/mol. The van der Waals surface area contributed by atoms with Gasteiger partial charge in [-0.1, -0.05) is 19.9 Å². The lowest BCUT2D eigenvalue weighted by Crippen LogP contribution is -2.48. The first kappa shape index (κ1) is 17.5. The van der Waals surface area contributed by atoms with Crippen LogP contribution in [0.3, 0.4) is 0 Å². The van der Waals surface area contributed by atoms with Gasteiger partial charge >= 0.3 is 0 Å². The second-order valence-corrected chi connectivity index (χ2v) is 6.75. The summed E-state index contributed by atoms with van der Waals surface area (Å²) in [4.78, 5) is 14.1. The topological polar surface area (TPSA) is 71.3 Å². The van der Waals surface area contributed by atoms with Crippen molar-refractivity contribution >= 4 is 5.91 Å². The van der Waals surface area contributed by atoms with Gasteiger partial charge in [0.05, 0.1) is 6.54 Å². The van der Waals surface area contributed by atoms with Crippen molar-refractivity contribution < 1.29 is 13.6 Å². The molecular weight excluding hydrogens is 323 g/mol. The van der Waals surface area contributed by atoms with Crippen LogP contribution < -0.4 is 5.32 Å². The molecule has 0 aliphatic carbocycles. The third-order valence-electron chi connectivity index (χ3n) is 4.27. The molecule has 1 aliphatic heterocycles. The fourth-order valence-electron chi connectivity index (χ4n) is 2.93. The normalized spacial score (nSPS) is 18.5. The van der Waals surface area contributed by atoms with Crippen molar-refractivity contribution in [3.63, 3.8) is 0 Å². The number of nitrogens with one attached hydrogen (secondary N) is 1. The maximum atomic E-state index is 13.3. The van der Waals surface area contributed by atoms with Gasteiger partial charge in [0.1, 0.15) is 5.82 Å². The van der Waals surface area contributed by atoms with Gasteiger partial charge in [-0.05, 0) is 37.6 Å². The minimum atomic E-state index is -0.336. The molecule has 3 rings (SSSR count). The van der Waals surface area contributed by atoms with Gasteiger partial charge in [-0.15, -0.1) is 10.2 Å². The summed E-state index contributed by atoms with van der Waals surface area (Å²) in [5, 5.41) is 11.1. The number of carbonyl (C=O) groups is 1. The molecule has 7 heteroatoms. The van der Waals surface area contributed by atoms with Crippen LogP contribution in [-0.2, 0) is 11.3 Å². The number of aromatic nitrogens is 2. The molecule has 6 nitrogen and oxygen atoms in total. The van der Waals surface area contributed by atoms with Crippen LogP contribution >= 0.6 is 0 Å². The molecule has 2 heterocycles. The Morgan fingerprint density at radius 2 is 2.28 bits per heavy atom. The number of rotatable bonds is 5. The molecule has 1 atom stereocenters. The Balaban J connectivity index is 1.60. The van der Waals surface area contributed by atoms with E-state index >= 15 is 0 Å². The van der Waals surface area contributed by atoms with E-state index in [1.807, 2.05) is 13.8 Å². The highest BCUT2D eigenvalue weighted by Gasteiger charge is 2.23. The van der Waals surface area contributed by atoms with Crippen molar-refractivity contribution in [2.45, 2.75) is 39.3 Å². The van der Waals surface area contributed by atoms with Crippen molar-refractivity contribution in [2.75, 3.05) is 13.1 Å². The second kappa shape index (κ2) is 7.74. The highest BCUT2D eigenvalue weighted by atomic mass is 19.1.